The van der Waals surface area contributed by atoms with Crippen molar-refractivity contribution in [2.24, 2.45) is 0 Å². The third-order valence-electron chi connectivity index (χ3n) is 2.69. The second-order valence-corrected chi connectivity index (χ2v) is 6.54. The number of hydrogen-bond donors (Lipinski definition) is 1. The molecule has 7 nitrogen and oxygen atoms in total. The third-order valence-corrected chi connectivity index (χ3v) is 3.22. The Morgan fingerprint density at radius 3 is 2.26 bits per heavy atom. The standard InChI is InChI=1S/C15H19N5O2S/c1-15(2,3)22-14(21)16-9-10-5-7-11(8-6-10)12-17-19-13(23-4)20-18-12/h5-8H,9H2,1-4H3,(H,16,21). The number of nitrogens with one attached hydrogen (secondary N) is 1. The lowest BCUT2D eigenvalue weighted by molar-refractivity contribution is 0.0523. The Balaban J connectivity index is 1.95. The Hall–Kier alpha value is -2.22. The normalized spacial score (nSPS) is 11.1. The van der Waals surface area contributed by atoms with Gasteiger partial charge < -0.3 is 10.1 Å². The van der Waals surface area contributed by atoms with Crippen molar-refractivity contribution in [2.75, 3.05) is 6.26 Å². The van der Waals surface area contributed by atoms with E-state index in [9.17, 15) is 4.79 Å². The highest BCUT2D eigenvalue weighted by molar-refractivity contribution is 7.98. The highest BCUT2D eigenvalue weighted by Crippen LogP contribution is 2.15. The van der Waals surface area contributed by atoms with Crippen LogP contribution in [0.5, 0.6) is 0 Å². The van der Waals surface area contributed by atoms with Gasteiger partial charge in [-0.1, -0.05) is 36.0 Å². The Kier molecular flexibility index (Phi) is 5.49. The molecule has 122 valence electrons. The first-order valence-electron chi connectivity index (χ1n) is 7.05. The van der Waals surface area contributed by atoms with Crippen molar-refractivity contribution in [3.63, 3.8) is 0 Å². The topological polar surface area (TPSA) is 89.9 Å². The molecule has 2 rings (SSSR count). The molecule has 1 N–H and O–H groups in total. The molecule has 23 heavy (non-hydrogen) atoms. The van der Waals surface area contributed by atoms with Crippen molar-refractivity contribution in [1.82, 2.24) is 25.7 Å². The summed E-state index contributed by atoms with van der Waals surface area (Å²) in [5, 5.41) is 19.2. The van der Waals surface area contributed by atoms with Gasteiger partial charge in [-0.25, -0.2) is 4.79 Å². The van der Waals surface area contributed by atoms with E-state index in [1.165, 1.54) is 11.8 Å². The van der Waals surface area contributed by atoms with Gasteiger partial charge in [-0.3, -0.25) is 0 Å². The molecule has 0 bridgehead atoms. The largest absolute Gasteiger partial charge is 0.444 e. The average molecular weight is 333 g/mol. The van der Waals surface area contributed by atoms with Crippen molar-refractivity contribution >= 4 is 17.9 Å². The summed E-state index contributed by atoms with van der Waals surface area (Å²) in [7, 11) is 0. The number of rotatable bonds is 4. The van der Waals surface area contributed by atoms with Gasteiger partial charge in [-0.2, -0.15) is 0 Å². The molecule has 0 atom stereocenters. The summed E-state index contributed by atoms with van der Waals surface area (Å²) >= 11 is 1.39. The van der Waals surface area contributed by atoms with E-state index in [1.807, 2.05) is 51.3 Å². The molecule has 0 spiro atoms. The predicted octanol–water partition coefficient (Wildman–Crippen LogP) is 2.68. The van der Waals surface area contributed by atoms with Gasteiger partial charge >= 0.3 is 6.09 Å². The van der Waals surface area contributed by atoms with Gasteiger partial charge in [-0.05, 0) is 32.6 Å². The van der Waals surface area contributed by atoms with Crippen LogP contribution in [0, 0.1) is 0 Å². The maximum Gasteiger partial charge on any atom is 0.407 e. The van der Waals surface area contributed by atoms with Gasteiger partial charge in [0.1, 0.15) is 5.60 Å². The van der Waals surface area contributed by atoms with E-state index in [0.717, 1.165) is 11.1 Å². The van der Waals surface area contributed by atoms with Gasteiger partial charge in [-0.15, -0.1) is 20.4 Å². The molecule has 0 aliphatic heterocycles. The quantitative estimate of drug-likeness (QED) is 0.860. The van der Waals surface area contributed by atoms with Crippen LogP contribution < -0.4 is 5.32 Å². The molecular formula is C15H19N5O2S. The molecule has 1 amide bonds. The van der Waals surface area contributed by atoms with Crippen molar-refractivity contribution in [1.29, 1.82) is 0 Å². The Morgan fingerprint density at radius 1 is 1.13 bits per heavy atom. The molecule has 1 aromatic carbocycles. The van der Waals surface area contributed by atoms with Gasteiger partial charge in [0.2, 0.25) is 11.0 Å². The molecule has 0 unspecified atom stereocenters. The molecule has 1 aromatic heterocycles. The molecule has 8 heteroatoms. The summed E-state index contributed by atoms with van der Waals surface area (Å²) < 4.78 is 5.19. The van der Waals surface area contributed by atoms with Gasteiger partial charge in [0.15, 0.2) is 0 Å². The zero-order valence-electron chi connectivity index (χ0n) is 13.5. The summed E-state index contributed by atoms with van der Waals surface area (Å²) in [5.74, 6) is 0.467. The molecule has 0 aliphatic rings. The number of amides is 1. The van der Waals surface area contributed by atoms with E-state index in [2.05, 4.69) is 25.7 Å². The summed E-state index contributed by atoms with van der Waals surface area (Å²) in [6.07, 6.45) is 1.43. The molecule has 0 radical (unpaired) electrons. The Labute approximate surface area is 139 Å². The van der Waals surface area contributed by atoms with E-state index in [1.54, 1.807) is 0 Å². The highest BCUT2D eigenvalue weighted by atomic mass is 32.2. The van der Waals surface area contributed by atoms with E-state index in [-0.39, 0.29) is 0 Å². The summed E-state index contributed by atoms with van der Waals surface area (Å²) in [4.78, 5) is 11.6. The number of carbonyl (C=O) groups is 1. The fourth-order valence-electron chi connectivity index (χ4n) is 1.68. The van der Waals surface area contributed by atoms with Crippen LogP contribution in [0.25, 0.3) is 11.4 Å². The van der Waals surface area contributed by atoms with E-state index in [4.69, 9.17) is 4.74 Å². The number of carbonyl (C=O) groups excluding carboxylic acids is 1. The fraction of sp³-hybridized carbons (Fsp3) is 0.400. The van der Waals surface area contributed by atoms with Crippen LogP contribution in [0.4, 0.5) is 4.79 Å². The molecule has 0 fully saturated rings. The molecule has 2 aromatic rings. The zero-order valence-corrected chi connectivity index (χ0v) is 14.3. The first kappa shape index (κ1) is 17.1. The number of ether oxygens (including phenoxy) is 1. The number of aromatic nitrogens is 4. The second kappa shape index (κ2) is 7.36. The van der Waals surface area contributed by atoms with E-state index in [0.29, 0.717) is 17.5 Å². The highest BCUT2D eigenvalue weighted by Gasteiger charge is 2.15. The van der Waals surface area contributed by atoms with Gasteiger partial charge in [0.25, 0.3) is 0 Å². The number of hydrogen-bond acceptors (Lipinski definition) is 7. The van der Waals surface area contributed by atoms with Crippen LogP contribution in [0.2, 0.25) is 0 Å². The predicted molar refractivity (Wildman–Crippen MR) is 87.9 cm³/mol. The number of benzene rings is 1. The maximum absolute atomic E-state index is 11.6. The van der Waals surface area contributed by atoms with Gasteiger partial charge in [0, 0.05) is 12.1 Å². The number of thioether (sulfide) groups is 1. The maximum atomic E-state index is 11.6. The van der Waals surface area contributed by atoms with Crippen LogP contribution in [-0.2, 0) is 11.3 Å². The van der Waals surface area contributed by atoms with Gasteiger partial charge in [0.05, 0.1) is 0 Å². The van der Waals surface area contributed by atoms with Crippen LogP contribution in [0.1, 0.15) is 26.3 Å². The van der Waals surface area contributed by atoms with E-state index < -0.39 is 11.7 Å². The molecule has 1 heterocycles. The first-order chi connectivity index (χ1) is 10.9. The zero-order chi connectivity index (χ0) is 16.9. The van der Waals surface area contributed by atoms with Crippen LogP contribution >= 0.6 is 11.8 Å². The summed E-state index contributed by atoms with van der Waals surface area (Å²) in [6, 6.07) is 7.50. The molecule has 0 saturated heterocycles. The SMILES string of the molecule is CSc1nnc(-c2ccc(CNC(=O)OC(C)(C)C)cc2)nn1. The Morgan fingerprint density at radius 2 is 1.74 bits per heavy atom. The average Bonchev–Trinajstić information content (AvgIpc) is 2.52. The molecular weight excluding hydrogens is 314 g/mol. The van der Waals surface area contributed by atoms with Crippen LogP contribution in [0.15, 0.2) is 29.4 Å². The smallest absolute Gasteiger partial charge is 0.407 e. The van der Waals surface area contributed by atoms with Crippen molar-refractivity contribution in [3.05, 3.63) is 29.8 Å². The van der Waals surface area contributed by atoms with Crippen LogP contribution in [0.3, 0.4) is 0 Å². The third kappa shape index (κ3) is 5.48. The second-order valence-electron chi connectivity index (χ2n) is 5.76. The minimum atomic E-state index is -0.506. The number of alkyl carbamates (subject to hydrolysis) is 1. The fourth-order valence-corrected chi connectivity index (χ4v) is 1.92. The van der Waals surface area contributed by atoms with Crippen molar-refractivity contribution < 1.29 is 9.53 Å². The van der Waals surface area contributed by atoms with Crippen LogP contribution in [-0.4, -0.2) is 38.3 Å². The van der Waals surface area contributed by atoms with E-state index >= 15 is 0 Å². The molecule has 0 saturated carbocycles. The lowest BCUT2D eigenvalue weighted by Gasteiger charge is -2.19. The lowest BCUT2D eigenvalue weighted by Crippen LogP contribution is -2.32. The minimum Gasteiger partial charge on any atom is -0.444 e. The van der Waals surface area contributed by atoms with Crippen molar-refractivity contribution in [2.45, 2.75) is 38.1 Å². The number of nitrogens with zero attached hydrogens (tertiary/aromatic N) is 4. The summed E-state index contributed by atoms with van der Waals surface area (Å²) in [5.41, 5.74) is 1.26. The van der Waals surface area contributed by atoms with Crippen molar-refractivity contribution in [3.8, 4) is 11.4 Å². The minimum absolute atomic E-state index is 0.387. The first-order valence-corrected chi connectivity index (χ1v) is 8.27. The monoisotopic (exact) mass is 333 g/mol. The lowest BCUT2D eigenvalue weighted by atomic mass is 10.1. The Bertz CT molecular complexity index is 653. The molecule has 0 aliphatic carbocycles. The summed E-state index contributed by atoms with van der Waals surface area (Å²) in [6.45, 7) is 5.86.